The summed E-state index contributed by atoms with van der Waals surface area (Å²) in [6.07, 6.45) is 4.04. The number of anilines is 1. The minimum Gasteiger partial charge on any atom is -0.491 e. The van der Waals surface area contributed by atoms with Crippen molar-refractivity contribution in [3.8, 4) is 5.75 Å². The molecular weight excluding hydrogens is 252 g/mol. The summed E-state index contributed by atoms with van der Waals surface area (Å²) in [5, 5.41) is 1.94. The van der Waals surface area contributed by atoms with Crippen LogP contribution in [0.2, 0.25) is 0 Å². The Bertz CT molecular complexity index is 570. The summed E-state index contributed by atoms with van der Waals surface area (Å²) in [6.45, 7) is 6.06. The van der Waals surface area contributed by atoms with E-state index >= 15 is 0 Å². The van der Waals surface area contributed by atoms with Crippen LogP contribution in [0.25, 0.3) is 10.8 Å². The SMILES string of the molecule is CCCCOCCOc1ccc(N)c2cnc(C)cc12. The molecule has 0 amide bonds. The Balaban J connectivity index is 2.03. The Labute approximate surface area is 119 Å². The fraction of sp³-hybridized carbons (Fsp3) is 0.438. The number of rotatable bonds is 7. The van der Waals surface area contributed by atoms with E-state index in [0.29, 0.717) is 13.2 Å². The second kappa shape index (κ2) is 7.10. The van der Waals surface area contributed by atoms with Gasteiger partial charge in [-0.25, -0.2) is 0 Å². The lowest BCUT2D eigenvalue weighted by molar-refractivity contribution is 0.0985. The summed E-state index contributed by atoms with van der Waals surface area (Å²) in [4.78, 5) is 4.28. The number of fused-ring (bicyclic) bond motifs is 1. The topological polar surface area (TPSA) is 57.4 Å². The number of ether oxygens (including phenoxy) is 2. The quantitative estimate of drug-likeness (QED) is 0.621. The molecule has 0 saturated heterocycles. The molecule has 0 aliphatic carbocycles. The number of nitrogen functional groups attached to an aromatic ring is 1. The molecule has 0 aliphatic heterocycles. The lowest BCUT2D eigenvalue weighted by Gasteiger charge is -2.11. The number of unbranched alkanes of at least 4 members (excludes halogenated alkanes) is 1. The third kappa shape index (κ3) is 3.61. The normalized spacial score (nSPS) is 10.9. The number of nitrogens with two attached hydrogens (primary N) is 1. The van der Waals surface area contributed by atoms with Crippen molar-refractivity contribution in [3.05, 3.63) is 30.1 Å². The van der Waals surface area contributed by atoms with Gasteiger partial charge in [-0.3, -0.25) is 4.98 Å². The monoisotopic (exact) mass is 274 g/mol. The predicted octanol–water partition coefficient (Wildman–Crippen LogP) is 3.32. The van der Waals surface area contributed by atoms with Crippen LogP contribution < -0.4 is 10.5 Å². The third-order valence-electron chi connectivity index (χ3n) is 3.16. The number of hydrogen-bond acceptors (Lipinski definition) is 4. The van der Waals surface area contributed by atoms with Gasteiger partial charge < -0.3 is 15.2 Å². The number of benzene rings is 1. The van der Waals surface area contributed by atoms with Crippen LogP contribution in [0.4, 0.5) is 5.69 Å². The Morgan fingerprint density at radius 1 is 1.15 bits per heavy atom. The van der Waals surface area contributed by atoms with Gasteiger partial charge in [0.2, 0.25) is 0 Å². The highest BCUT2D eigenvalue weighted by Crippen LogP contribution is 2.30. The van der Waals surface area contributed by atoms with Crippen molar-refractivity contribution in [2.75, 3.05) is 25.6 Å². The first-order chi connectivity index (χ1) is 9.72. The van der Waals surface area contributed by atoms with Gasteiger partial charge in [-0.1, -0.05) is 13.3 Å². The lowest BCUT2D eigenvalue weighted by Crippen LogP contribution is -2.08. The second-order valence-corrected chi connectivity index (χ2v) is 4.84. The van der Waals surface area contributed by atoms with Crippen LogP contribution in [0.15, 0.2) is 24.4 Å². The molecule has 0 aliphatic rings. The molecular formula is C16H22N2O2. The van der Waals surface area contributed by atoms with E-state index in [1.807, 2.05) is 25.1 Å². The molecule has 2 N–H and O–H groups in total. The van der Waals surface area contributed by atoms with Crippen molar-refractivity contribution in [2.24, 2.45) is 0 Å². The van der Waals surface area contributed by atoms with Gasteiger partial charge >= 0.3 is 0 Å². The Morgan fingerprint density at radius 2 is 2.00 bits per heavy atom. The molecule has 1 aromatic heterocycles. The summed E-state index contributed by atoms with van der Waals surface area (Å²) in [5.41, 5.74) is 7.64. The molecule has 0 bridgehead atoms. The second-order valence-electron chi connectivity index (χ2n) is 4.84. The molecule has 20 heavy (non-hydrogen) atoms. The molecule has 108 valence electrons. The van der Waals surface area contributed by atoms with Crippen LogP contribution in [0.3, 0.4) is 0 Å². The summed E-state index contributed by atoms with van der Waals surface area (Å²) < 4.78 is 11.3. The highest BCUT2D eigenvalue weighted by atomic mass is 16.5. The zero-order chi connectivity index (χ0) is 14.4. The van der Waals surface area contributed by atoms with Gasteiger partial charge in [-0.15, -0.1) is 0 Å². The van der Waals surface area contributed by atoms with Gasteiger partial charge in [0, 0.05) is 35.0 Å². The largest absolute Gasteiger partial charge is 0.491 e. The van der Waals surface area contributed by atoms with Crippen LogP contribution >= 0.6 is 0 Å². The molecule has 1 aromatic carbocycles. The van der Waals surface area contributed by atoms with Gasteiger partial charge in [-0.2, -0.15) is 0 Å². The number of aryl methyl sites for hydroxylation is 1. The first-order valence-electron chi connectivity index (χ1n) is 7.07. The Hall–Kier alpha value is -1.81. The van der Waals surface area contributed by atoms with E-state index in [-0.39, 0.29) is 0 Å². The minimum atomic E-state index is 0.546. The molecule has 0 atom stereocenters. The molecule has 0 radical (unpaired) electrons. The van der Waals surface area contributed by atoms with Gasteiger partial charge in [0.25, 0.3) is 0 Å². The van der Waals surface area contributed by atoms with E-state index in [4.69, 9.17) is 15.2 Å². The summed E-state index contributed by atoms with van der Waals surface area (Å²) >= 11 is 0. The standard InChI is InChI=1S/C16H22N2O2/c1-3-4-7-19-8-9-20-16-6-5-15(17)14-11-18-12(2)10-13(14)16/h5-6,10-11H,3-4,7-9,17H2,1-2H3. The molecule has 1 heterocycles. The molecule has 0 unspecified atom stereocenters. The molecule has 2 rings (SSSR count). The first kappa shape index (κ1) is 14.6. The maximum Gasteiger partial charge on any atom is 0.127 e. The smallest absolute Gasteiger partial charge is 0.127 e. The zero-order valence-electron chi connectivity index (χ0n) is 12.2. The molecule has 4 heteroatoms. The van der Waals surface area contributed by atoms with E-state index in [2.05, 4.69) is 11.9 Å². The van der Waals surface area contributed by atoms with Crippen LogP contribution in [0.1, 0.15) is 25.5 Å². The average Bonchev–Trinajstić information content (AvgIpc) is 2.45. The van der Waals surface area contributed by atoms with Crippen molar-refractivity contribution < 1.29 is 9.47 Å². The highest BCUT2D eigenvalue weighted by Gasteiger charge is 2.06. The van der Waals surface area contributed by atoms with Gasteiger partial charge in [-0.05, 0) is 31.5 Å². The first-order valence-corrected chi connectivity index (χ1v) is 7.07. The van der Waals surface area contributed by atoms with Crippen molar-refractivity contribution in [2.45, 2.75) is 26.7 Å². The van der Waals surface area contributed by atoms with Crippen LogP contribution in [0, 0.1) is 6.92 Å². The Kier molecular flexibility index (Phi) is 5.18. The summed E-state index contributed by atoms with van der Waals surface area (Å²) in [5.74, 6) is 0.832. The van der Waals surface area contributed by atoms with E-state index in [1.54, 1.807) is 6.20 Å². The van der Waals surface area contributed by atoms with Crippen LogP contribution in [-0.4, -0.2) is 24.8 Å². The predicted molar refractivity (Wildman–Crippen MR) is 82.1 cm³/mol. The molecule has 0 fully saturated rings. The van der Waals surface area contributed by atoms with E-state index in [1.165, 1.54) is 0 Å². The number of pyridine rings is 1. The molecule has 0 saturated carbocycles. The molecule has 4 nitrogen and oxygen atoms in total. The fourth-order valence-corrected chi connectivity index (χ4v) is 2.02. The van der Waals surface area contributed by atoms with Crippen LogP contribution in [-0.2, 0) is 4.74 Å². The highest BCUT2D eigenvalue weighted by molar-refractivity contribution is 5.96. The maximum atomic E-state index is 5.96. The van der Waals surface area contributed by atoms with Crippen molar-refractivity contribution in [1.29, 1.82) is 0 Å². The molecule has 2 aromatic rings. The van der Waals surface area contributed by atoms with Gasteiger partial charge in [0.15, 0.2) is 0 Å². The fourth-order valence-electron chi connectivity index (χ4n) is 2.02. The maximum absolute atomic E-state index is 5.96. The average molecular weight is 274 g/mol. The zero-order valence-corrected chi connectivity index (χ0v) is 12.2. The Morgan fingerprint density at radius 3 is 2.80 bits per heavy atom. The lowest BCUT2D eigenvalue weighted by atomic mass is 10.1. The van der Waals surface area contributed by atoms with Crippen molar-refractivity contribution in [3.63, 3.8) is 0 Å². The van der Waals surface area contributed by atoms with E-state index in [0.717, 1.165) is 47.4 Å². The summed E-state index contributed by atoms with van der Waals surface area (Å²) in [7, 11) is 0. The van der Waals surface area contributed by atoms with E-state index < -0.39 is 0 Å². The number of hydrogen-bond donors (Lipinski definition) is 1. The van der Waals surface area contributed by atoms with E-state index in [9.17, 15) is 0 Å². The van der Waals surface area contributed by atoms with Crippen LogP contribution in [0.5, 0.6) is 5.75 Å². The van der Waals surface area contributed by atoms with Gasteiger partial charge in [0.05, 0.1) is 6.61 Å². The van der Waals surface area contributed by atoms with Gasteiger partial charge in [0.1, 0.15) is 12.4 Å². The third-order valence-corrected chi connectivity index (χ3v) is 3.16. The number of nitrogens with zero attached hydrogens (tertiary/aromatic N) is 1. The minimum absolute atomic E-state index is 0.546. The summed E-state index contributed by atoms with van der Waals surface area (Å²) in [6, 6.07) is 5.76. The van der Waals surface area contributed by atoms with Crippen molar-refractivity contribution >= 4 is 16.5 Å². The number of aromatic nitrogens is 1. The molecule has 0 spiro atoms. The van der Waals surface area contributed by atoms with Crippen molar-refractivity contribution in [1.82, 2.24) is 4.98 Å².